The van der Waals surface area contributed by atoms with Crippen molar-refractivity contribution in [3.05, 3.63) is 35.4 Å². The highest BCUT2D eigenvalue weighted by Crippen LogP contribution is 2.31. The molecule has 0 radical (unpaired) electrons. The Kier molecular flexibility index (Phi) is 8.86. The van der Waals surface area contributed by atoms with Gasteiger partial charge in [0.2, 0.25) is 0 Å². The summed E-state index contributed by atoms with van der Waals surface area (Å²) in [5.41, 5.74) is 2.70. The van der Waals surface area contributed by atoms with E-state index < -0.39 is 12.6 Å². The van der Waals surface area contributed by atoms with E-state index in [0.717, 1.165) is 19.3 Å². The molecule has 0 amide bonds. The number of benzene rings is 1. The van der Waals surface area contributed by atoms with Gasteiger partial charge in [0.1, 0.15) is 0 Å². The molecule has 0 heterocycles. The van der Waals surface area contributed by atoms with Crippen LogP contribution in [-0.4, -0.2) is 31.8 Å². The second kappa shape index (κ2) is 10.1. The Morgan fingerprint density at radius 2 is 2.00 bits per heavy atom. The second-order valence-corrected chi connectivity index (χ2v) is 5.80. The number of aryl methyl sites for hydroxylation is 1. The van der Waals surface area contributed by atoms with Crippen LogP contribution in [0.2, 0.25) is 0 Å². The first-order valence-corrected chi connectivity index (χ1v) is 8.16. The van der Waals surface area contributed by atoms with Gasteiger partial charge in [0, 0.05) is 25.6 Å². The number of rotatable bonds is 5. The van der Waals surface area contributed by atoms with Crippen molar-refractivity contribution in [2.75, 3.05) is 19.6 Å². The van der Waals surface area contributed by atoms with Crippen molar-refractivity contribution in [1.82, 2.24) is 10.6 Å². The van der Waals surface area contributed by atoms with Crippen LogP contribution in [0.15, 0.2) is 29.3 Å². The molecule has 0 saturated heterocycles. The number of nitrogens with one attached hydrogen (secondary N) is 2. The van der Waals surface area contributed by atoms with Gasteiger partial charge in [-0.05, 0) is 37.3 Å². The van der Waals surface area contributed by atoms with E-state index in [2.05, 4.69) is 27.8 Å². The lowest BCUT2D eigenvalue weighted by atomic mass is 9.83. The van der Waals surface area contributed by atoms with E-state index in [4.69, 9.17) is 0 Å². The summed E-state index contributed by atoms with van der Waals surface area (Å²) in [7, 11) is 0. The van der Waals surface area contributed by atoms with E-state index in [-0.39, 0.29) is 30.5 Å². The molecule has 0 spiro atoms. The van der Waals surface area contributed by atoms with E-state index >= 15 is 0 Å². The van der Waals surface area contributed by atoms with Crippen LogP contribution in [-0.2, 0) is 6.42 Å². The number of fused-ring (bicyclic) bond motifs is 1. The Bertz CT molecular complexity index is 532. The highest BCUT2D eigenvalue weighted by atomic mass is 127. The summed E-state index contributed by atoms with van der Waals surface area (Å²) in [5.74, 6) is 0.804. The molecule has 1 aromatic rings. The average molecular weight is 455 g/mol. The fraction of sp³-hybridized carbons (Fsp3) is 0.588. The number of halogens is 4. The van der Waals surface area contributed by atoms with Gasteiger partial charge in [0.15, 0.2) is 5.96 Å². The van der Waals surface area contributed by atoms with Crippen molar-refractivity contribution in [2.24, 2.45) is 4.99 Å². The van der Waals surface area contributed by atoms with Crippen LogP contribution in [0.3, 0.4) is 0 Å². The molecule has 7 heteroatoms. The summed E-state index contributed by atoms with van der Waals surface area (Å²) in [4.78, 5) is 4.48. The lowest BCUT2D eigenvalue weighted by molar-refractivity contribution is -0.132. The lowest BCUT2D eigenvalue weighted by Crippen LogP contribution is -2.39. The summed E-state index contributed by atoms with van der Waals surface area (Å²) >= 11 is 0. The van der Waals surface area contributed by atoms with Gasteiger partial charge >= 0.3 is 6.18 Å². The highest BCUT2D eigenvalue weighted by molar-refractivity contribution is 14.0. The van der Waals surface area contributed by atoms with Crippen molar-refractivity contribution >= 4 is 29.9 Å². The standard InChI is InChI=1S/C17H24F3N3.HI/c1-2-21-16(22-11-10-17(18,19)20)23-12-14-8-5-7-13-6-3-4-9-15(13)14;/h3-4,6,9,14H,2,5,7-8,10-12H2,1H3,(H2,21,22,23);1H. The topological polar surface area (TPSA) is 36.4 Å². The summed E-state index contributed by atoms with van der Waals surface area (Å²) in [6.45, 7) is 2.96. The zero-order chi connectivity index (χ0) is 16.7. The largest absolute Gasteiger partial charge is 0.390 e. The first-order valence-electron chi connectivity index (χ1n) is 8.16. The molecule has 0 aromatic heterocycles. The molecular weight excluding hydrogens is 430 g/mol. The van der Waals surface area contributed by atoms with Crippen LogP contribution in [0.25, 0.3) is 0 Å². The Morgan fingerprint density at radius 3 is 2.71 bits per heavy atom. The molecule has 1 aliphatic rings. The molecule has 24 heavy (non-hydrogen) atoms. The predicted octanol–water partition coefficient (Wildman–Crippen LogP) is 4.23. The van der Waals surface area contributed by atoms with Gasteiger partial charge < -0.3 is 10.6 Å². The smallest absolute Gasteiger partial charge is 0.357 e. The summed E-state index contributed by atoms with van der Waals surface area (Å²) in [6, 6.07) is 8.37. The van der Waals surface area contributed by atoms with E-state index in [1.165, 1.54) is 11.1 Å². The maximum absolute atomic E-state index is 12.2. The third-order valence-corrected chi connectivity index (χ3v) is 4.01. The van der Waals surface area contributed by atoms with Crippen LogP contribution in [0.4, 0.5) is 13.2 Å². The average Bonchev–Trinajstić information content (AvgIpc) is 2.51. The Morgan fingerprint density at radius 1 is 1.25 bits per heavy atom. The minimum Gasteiger partial charge on any atom is -0.357 e. The van der Waals surface area contributed by atoms with Gasteiger partial charge in [0.05, 0.1) is 6.42 Å². The van der Waals surface area contributed by atoms with Crippen LogP contribution < -0.4 is 10.6 Å². The number of hydrogen-bond acceptors (Lipinski definition) is 1. The molecule has 1 atom stereocenters. The number of aliphatic imine (C=N–C) groups is 1. The monoisotopic (exact) mass is 455 g/mol. The lowest BCUT2D eigenvalue weighted by Gasteiger charge is -2.24. The fourth-order valence-electron chi connectivity index (χ4n) is 2.91. The molecule has 2 rings (SSSR count). The van der Waals surface area contributed by atoms with E-state index in [9.17, 15) is 13.2 Å². The quantitative estimate of drug-likeness (QED) is 0.396. The zero-order valence-electron chi connectivity index (χ0n) is 13.8. The SMILES string of the molecule is CCNC(=NCC1CCCc2ccccc21)NCCC(F)(F)F.I. The molecule has 1 aliphatic carbocycles. The molecule has 3 nitrogen and oxygen atoms in total. The first-order chi connectivity index (χ1) is 11.0. The second-order valence-electron chi connectivity index (χ2n) is 5.80. The number of guanidine groups is 1. The van der Waals surface area contributed by atoms with E-state index in [1.807, 2.05) is 19.1 Å². The van der Waals surface area contributed by atoms with E-state index in [1.54, 1.807) is 0 Å². The fourth-order valence-corrected chi connectivity index (χ4v) is 2.91. The van der Waals surface area contributed by atoms with Gasteiger partial charge in [0.25, 0.3) is 0 Å². The third kappa shape index (κ3) is 6.86. The van der Waals surface area contributed by atoms with Crippen LogP contribution in [0, 0.1) is 0 Å². The molecule has 1 aromatic carbocycles. The van der Waals surface area contributed by atoms with Crippen LogP contribution >= 0.6 is 24.0 Å². The maximum atomic E-state index is 12.2. The molecular formula is C17H25F3IN3. The van der Waals surface area contributed by atoms with Crippen molar-refractivity contribution in [3.63, 3.8) is 0 Å². The normalized spacial score (nSPS) is 17.7. The molecule has 136 valence electrons. The zero-order valence-corrected chi connectivity index (χ0v) is 16.2. The summed E-state index contributed by atoms with van der Waals surface area (Å²) in [5, 5.41) is 5.76. The first kappa shape index (κ1) is 21.1. The number of nitrogens with zero attached hydrogens (tertiary/aromatic N) is 1. The number of hydrogen-bond donors (Lipinski definition) is 2. The third-order valence-electron chi connectivity index (χ3n) is 4.01. The summed E-state index contributed by atoms with van der Waals surface area (Å²) in [6.07, 6.45) is -1.70. The van der Waals surface area contributed by atoms with Crippen molar-refractivity contribution in [3.8, 4) is 0 Å². The van der Waals surface area contributed by atoms with Gasteiger partial charge in [-0.3, -0.25) is 4.99 Å². The minimum atomic E-state index is -4.15. The van der Waals surface area contributed by atoms with Gasteiger partial charge in [-0.15, -0.1) is 24.0 Å². The Labute approximate surface area is 158 Å². The van der Waals surface area contributed by atoms with Gasteiger partial charge in [-0.2, -0.15) is 13.2 Å². The highest BCUT2D eigenvalue weighted by Gasteiger charge is 2.26. The molecule has 0 saturated carbocycles. The minimum absolute atomic E-state index is 0. The Hall–Kier alpha value is -0.990. The summed E-state index contributed by atoms with van der Waals surface area (Å²) < 4.78 is 36.7. The molecule has 0 bridgehead atoms. The molecule has 2 N–H and O–H groups in total. The van der Waals surface area contributed by atoms with Gasteiger partial charge in [-0.1, -0.05) is 24.3 Å². The maximum Gasteiger partial charge on any atom is 0.390 e. The number of alkyl halides is 3. The molecule has 0 fully saturated rings. The van der Waals surface area contributed by atoms with E-state index in [0.29, 0.717) is 25.0 Å². The predicted molar refractivity (Wildman–Crippen MR) is 102 cm³/mol. The van der Waals surface area contributed by atoms with Crippen LogP contribution in [0.5, 0.6) is 0 Å². The van der Waals surface area contributed by atoms with Crippen LogP contribution in [0.1, 0.15) is 43.2 Å². The van der Waals surface area contributed by atoms with Crippen molar-refractivity contribution in [1.29, 1.82) is 0 Å². The van der Waals surface area contributed by atoms with Crippen molar-refractivity contribution < 1.29 is 13.2 Å². The van der Waals surface area contributed by atoms with Crippen molar-refractivity contribution in [2.45, 2.75) is 44.7 Å². The molecule has 1 unspecified atom stereocenters. The Balaban J connectivity index is 0.00000288. The van der Waals surface area contributed by atoms with Gasteiger partial charge in [-0.25, -0.2) is 0 Å². The molecule has 0 aliphatic heterocycles.